The number of carbonyl (C=O) groups excluding carboxylic acids is 2. The van der Waals surface area contributed by atoms with Gasteiger partial charge in [-0.25, -0.2) is 0 Å². The Balaban J connectivity index is 1.78. The summed E-state index contributed by atoms with van der Waals surface area (Å²) >= 11 is 1.35. The molecule has 0 aliphatic heterocycles. The number of aromatic nitrogens is 2. The van der Waals surface area contributed by atoms with Crippen LogP contribution in [0.3, 0.4) is 0 Å². The van der Waals surface area contributed by atoms with Crippen LogP contribution in [0.1, 0.15) is 43.5 Å². The Morgan fingerprint density at radius 3 is 2.95 bits per heavy atom. The topological polar surface area (TPSA) is 107 Å². The molecule has 7 nitrogen and oxygen atoms in total. The van der Waals surface area contributed by atoms with E-state index in [9.17, 15) is 9.59 Å². The molecule has 0 saturated heterocycles. The van der Waals surface area contributed by atoms with Crippen LogP contribution in [0.25, 0.3) is 0 Å². The highest BCUT2D eigenvalue weighted by Crippen LogP contribution is 2.25. The third-order valence-corrected chi connectivity index (χ3v) is 4.68. The molecule has 1 aliphatic carbocycles. The molecule has 2 atom stereocenters. The summed E-state index contributed by atoms with van der Waals surface area (Å²) in [5.41, 5.74) is 5.91. The summed E-state index contributed by atoms with van der Waals surface area (Å²) in [5, 5.41) is 12.1. The van der Waals surface area contributed by atoms with E-state index in [2.05, 4.69) is 20.3 Å². The molecule has 0 spiro atoms. The van der Waals surface area contributed by atoms with Crippen molar-refractivity contribution in [2.45, 2.75) is 51.0 Å². The maximum atomic E-state index is 12.2. The number of ether oxygens (including phenoxy) is 1. The van der Waals surface area contributed by atoms with Crippen LogP contribution in [0.5, 0.6) is 0 Å². The fraction of sp³-hybridized carbons (Fsp3) is 0.714. The molecule has 122 valence electrons. The third-order valence-electron chi connectivity index (χ3n) is 3.78. The zero-order valence-electron chi connectivity index (χ0n) is 12.7. The fourth-order valence-electron chi connectivity index (χ4n) is 2.56. The van der Waals surface area contributed by atoms with Gasteiger partial charge in [0, 0.05) is 24.8 Å². The molecule has 1 aromatic rings. The second kappa shape index (κ2) is 8.19. The lowest BCUT2D eigenvalue weighted by molar-refractivity contribution is -0.140. The van der Waals surface area contributed by atoms with Gasteiger partial charge in [0.1, 0.15) is 5.01 Å². The van der Waals surface area contributed by atoms with Crippen LogP contribution in [0.15, 0.2) is 0 Å². The van der Waals surface area contributed by atoms with Gasteiger partial charge in [0.05, 0.1) is 7.11 Å². The number of aryl methyl sites for hydroxylation is 1. The summed E-state index contributed by atoms with van der Waals surface area (Å²) in [4.78, 5) is 23.2. The number of nitrogens with two attached hydrogens (primary N) is 1. The molecule has 0 bridgehead atoms. The lowest BCUT2D eigenvalue weighted by atomic mass is 9.86. The summed E-state index contributed by atoms with van der Waals surface area (Å²) in [6.07, 6.45) is 5.27. The molecule has 3 N–H and O–H groups in total. The van der Waals surface area contributed by atoms with Gasteiger partial charge in [-0.3, -0.25) is 9.59 Å². The van der Waals surface area contributed by atoms with Crippen molar-refractivity contribution in [1.29, 1.82) is 0 Å². The van der Waals surface area contributed by atoms with E-state index < -0.39 is 0 Å². The van der Waals surface area contributed by atoms with Crippen molar-refractivity contribution in [2.24, 2.45) is 11.7 Å². The number of nitrogens with one attached hydrogen (secondary N) is 1. The summed E-state index contributed by atoms with van der Waals surface area (Å²) in [5.74, 6) is -0.283. The molecular weight excluding hydrogens is 304 g/mol. The van der Waals surface area contributed by atoms with E-state index in [1.807, 2.05) is 0 Å². The maximum absolute atomic E-state index is 12.2. The summed E-state index contributed by atoms with van der Waals surface area (Å²) in [6.45, 7) is 0. The Kier molecular flexibility index (Phi) is 6.26. The number of methoxy groups -OCH3 is 1. The average Bonchev–Trinajstić information content (AvgIpc) is 2.94. The van der Waals surface area contributed by atoms with Crippen molar-refractivity contribution in [1.82, 2.24) is 10.2 Å². The first-order chi connectivity index (χ1) is 10.6. The second-order valence-electron chi connectivity index (χ2n) is 5.54. The summed E-state index contributed by atoms with van der Waals surface area (Å²) in [7, 11) is 1.37. The molecule has 2 rings (SSSR count). The molecule has 1 amide bonds. The van der Waals surface area contributed by atoms with E-state index in [-0.39, 0.29) is 23.8 Å². The number of hydrogen-bond acceptors (Lipinski definition) is 7. The average molecular weight is 326 g/mol. The molecule has 0 radical (unpaired) electrons. The Morgan fingerprint density at radius 1 is 1.41 bits per heavy atom. The van der Waals surface area contributed by atoms with Crippen LogP contribution >= 0.6 is 11.3 Å². The number of nitrogens with zero attached hydrogens (tertiary/aromatic N) is 2. The van der Waals surface area contributed by atoms with Crippen LogP contribution < -0.4 is 11.1 Å². The fourth-order valence-corrected chi connectivity index (χ4v) is 3.35. The zero-order chi connectivity index (χ0) is 15.9. The molecular formula is C14H22N4O3S. The smallest absolute Gasteiger partial charge is 0.305 e. The highest BCUT2D eigenvalue weighted by Gasteiger charge is 2.26. The standard InChI is InChI=1S/C14H22N4O3S/c1-21-12(19)7-3-6-11-17-18-14(22-11)16-13(20)9-4-2-5-10(15)8-9/h9-10H,2-8,15H2,1H3,(H,16,18,20). The molecule has 1 aliphatic rings. The van der Waals surface area contributed by atoms with Crippen molar-refractivity contribution < 1.29 is 14.3 Å². The zero-order valence-corrected chi connectivity index (χ0v) is 13.5. The summed E-state index contributed by atoms with van der Waals surface area (Å²) in [6, 6.07) is 0.118. The predicted octanol–water partition coefficient (Wildman–Crippen LogP) is 1.49. The molecule has 1 saturated carbocycles. The van der Waals surface area contributed by atoms with Gasteiger partial charge in [-0.05, 0) is 25.7 Å². The van der Waals surface area contributed by atoms with Crippen molar-refractivity contribution in [2.75, 3.05) is 12.4 Å². The van der Waals surface area contributed by atoms with Crippen molar-refractivity contribution >= 4 is 28.3 Å². The first-order valence-electron chi connectivity index (χ1n) is 7.54. The minimum Gasteiger partial charge on any atom is -0.469 e. The number of carbonyl (C=O) groups is 2. The van der Waals surface area contributed by atoms with Gasteiger partial charge in [-0.15, -0.1) is 10.2 Å². The van der Waals surface area contributed by atoms with E-state index in [4.69, 9.17) is 5.73 Å². The Morgan fingerprint density at radius 2 is 2.23 bits per heavy atom. The van der Waals surface area contributed by atoms with Gasteiger partial charge < -0.3 is 15.8 Å². The second-order valence-corrected chi connectivity index (χ2v) is 6.61. The molecule has 2 unspecified atom stereocenters. The van der Waals surface area contributed by atoms with Gasteiger partial charge in [0.2, 0.25) is 11.0 Å². The number of rotatable bonds is 6. The van der Waals surface area contributed by atoms with Crippen molar-refractivity contribution in [3.05, 3.63) is 5.01 Å². The normalized spacial score (nSPS) is 21.4. The van der Waals surface area contributed by atoms with E-state index in [1.54, 1.807) is 0 Å². The Bertz CT molecular complexity index is 520. The van der Waals surface area contributed by atoms with Gasteiger partial charge >= 0.3 is 5.97 Å². The lowest BCUT2D eigenvalue weighted by Crippen LogP contribution is -2.34. The molecule has 1 heterocycles. The van der Waals surface area contributed by atoms with Crippen molar-refractivity contribution in [3.63, 3.8) is 0 Å². The van der Waals surface area contributed by atoms with Crippen LogP contribution in [0.4, 0.5) is 5.13 Å². The Labute approximate surface area is 133 Å². The lowest BCUT2D eigenvalue weighted by Gasteiger charge is -2.25. The minimum atomic E-state index is -0.230. The van der Waals surface area contributed by atoms with Crippen LogP contribution in [-0.2, 0) is 20.7 Å². The highest BCUT2D eigenvalue weighted by atomic mass is 32.1. The van der Waals surface area contributed by atoms with Crippen LogP contribution in [-0.4, -0.2) is 35.2 Å². The number of esters is 1. The van der Waals surface area contributed by atoms with Gasteiger partial charge in [-0.1, -0.05) is 17.8 Å². The monoisotopic (exact) mass is 326 g/mol. The maximum Gasteiger partial charge on any atom is 0.305 e. The van der Waals surface area contributed by atoms with Crippen LogP contribution in [0, 0.1) is 5.92 Å². The number of hydrogen-bond donors (Lipinski definition) is 2. The van der Waals surface area contributed by atoms with E-state index >= 15 is 0 Å². The minimum absolute atomic E-state index is 0.0209. The van der Waals surface area contributed by atoms with Gasteiger partial charge in [0.25, 0.3) is 0 Å². The number of amides is 1. The highest BCUT2D eigenvalue weighted by molar-refractivity contribution is 7.15. The molecule has 8 heteroatoms. The quantitative estimate of drug-likeness (QED) is 0.767. The molecule has 22 heavy (non-hydrogen) atoms. The van der Waals surface area contributed by atoms with Gasteiger partial charge in [0.15, 0.2) is 0 Å². The first-order valence-corrected chi connectivity index (χ1v) is 8.35. The van der Waals surface area contributed by atoms with E-state index in [0.29, 0.717) is 24.4 Å². The first kappa shape index (κ1) is 16.8. The number of anilines is 1. The van der Waals surface area contributed by atoms with Crippen molar-refractivity contribution in [3.8, 4) is 0 Å². The largest absolute Gasteiger partial charge is 0.469 e. The summed E-state index contributed by atoms with van der Waals surface area (Å²) < 4.78 is 4.58. The van der Waals surface area contributed by atoms with Crippen LogP contribution in [0.2, 0.25) is 0 Å². The molecule has 1 aromatic heterocycles. The predicted molar refractivity (Wildman–Crippen MR) is 83.4 cm³/mol. The molecule has 1 fully saturated rings. The van der Waals surface area contributed by atoms with E-state index in [1.165, 1.54) is 18.4 Å². The molecule has 0 aromatic carbocycles. The SMILES string of the molecule is COC(=O)CCCc1nnc(NC(=O)C2CCCC(N)C2)s1. The Hall–Kier alpha value is -1.54. The van der Waals surface area contributed by atoms with Gasteiger partial charge in [-0.2, -0.15) is 0 Å². The van der Waals surface area contributed by atoms with E-state index in [0.717, 1.165) is 30.7 Å². The third kappa shape index (κ3) is 5.03.